The fraction of sp³-hybridized carbons (Fsp3) is 0.538. The molecule has 74 valence electrons. The van der Waals surface area contributed by atoms with Crippen molar-refractivity contribution in [1.29, 1.82) is 0 Å². The molecule has 1 nitrogen and oxygen atoms in total. The van der Waals surface area contributed by atoms with Crippen molar-refractivity contribution in [2.45, 2.75) is 25.7 Å². The van der Waals surface area contributed by atoms with Crippen LogP contribution in [0.15, 0.2) is 18.2 Å². The predicted molar refractivity (Wildman–Crippen MR) is 58.7 cm³/mol. The molecule has 1 aliphatic carbocycles. The van der Waals surface area contributed by atoms with Crippen molar-refractivity contribution in [3.8, 4) is 0 Å². The van der Waals surface area contributed by atoms with E-state index in [0.29, 0.717) is 0 Å². The van der Waals surface area contributed by atoms with Gasteiger partial charge >= 0.3 is 0 Å². The summed E-state index contributed by atoms with van der Waals surface area (Å²) >= 11 is 0. The average molecular weight is 187 g/mol. The van der Waals surface area contributed by atoms with Gasteiger partial charge in [-0.3, -0.25) is 0 Å². The number of fused-ring (bicyclic) bond motifs is 3. The van der Waals surface area contributed by atoms with Crippen molar-refractivity contribution in [3.05, 3.63) is 34.9 Å². The molecule has 0 saturated carbocycles. The third kappa shape index (κ3) is 0.992. The number of hydrogen-bond acceptors (Lipinski definition) is 1. The molecule has 1 aromatic carbocycles. The third-order valence-corrected chi connectivity index (χ3v) is 4.04. The molecule has 3 unspecified atom stereocenters. The molecular weight excluding hydrogens is 170 g/mol. The highest BCUT2D eigenvalue weighted by Crippen LogP contribution is 2.47. The molecule has 0 aromatic heterocycles. The van der Waals surface area contributed by atoms with E-state index in [1.165, 1.54) is 18.7 Å². The summed E-state index contributed by atoms with van der Waals surface area (Å²) in [5.74, 6) is 2.40. The van der Waals surface area contributed by atoms with Gasteiger partial charge in [0.15, 0.2) is 0 Å². The van der Waals surface area contributed by atoms with Crippen LogP contribution >= 0.6 is 0 Å². The van der Waals surface area contributed by atoms with Gasteiger partial charge in [-0.2, -0.15) is 0 Å². The molecule has 1 heterocycles. The van der Waals surface area contributed by atoms with Gasteiger partial charge in [0.25, 0.3) is 0 Å². The summed E-state index contributed by atoms with van der Waals surface area (Å²) in [5, 5.41) is 3.52. The fourth-order valence-electron chi connectivity index (χ4n) is 3.23. The van der Waals surface area contributed by atoms with Crippen molar-refractivity contribution in [2.24, 2.45) is 5.92 Å². The number of hydrogen-bond donors (Lipinski definition) is 1. The van der Waals surface area contributed by atoms with E-state index in [9.17, 15) is 0 Å². The second kappa shape index (κ2) is 2.83. The lowest BCUT2D eigenvalue weighted by Gasteiger charge is -2.12. The minimum absolute atomic E-state index is 0.755. The highest BCUT2D eigenvalue weighted by Gasteiger charge is 2.40. The molecule has 14 heavy (non-hydrogen) atoms. The van der Waals surface area contributed by atoms with Gasteiger partial charge in [-0.05, 0) is 36.4 Å². The Labute approximate surface area is 85.5 Å². The Morgan fingerprint density at radius 3 is 2.93 bits per heavy atom. The van der Waals surface area contributed by atoms with Crippen molar-refractivity contribution in [2.75, 3.05) is 13.1 Å². The van der Waals surface area contributed by atoms with E-state index in [4.69, 9.17) is 0 Å². The first-order chi connectivity index (χ1) is 6.77. The van der Waals surface area contributed by atoms with Gasteiger partial charge in [-0.15, -0.1) is 0 Å². The maximum atomic E-state index is 3.52. The third-order valence-electron chi connectivity index (χ3n) is 4.04. The molecule has 1 aliphatic heterocycles. The van der Waals surface area contributed by atoms with Crippen molar-refractivity contribution >= 4 is 0 Å². The Hall–Kier alpha value is -0.820. The van der Waals surface area contributed by atoms with Crippen LogP contribution in [-0.4, -0.2) is 13.1 Å². The van der Waals surface area contributed by atoms with Crippen molar-refractivity contribution in [1.82, 2.24) is 5.32 Å². The largest absolute Gasteiger partial charge is 0.316 e. The highest BCUT2D eigenvalue weighted by atomic mass is 14.9. The molecular formula is C13H17N. The van der Waals surface area contributed by atoms with Gasteiger partial charge < -0.3 is 5.32 Å². The number of benzene rings is 1. The lowest BCUT2D eigenvalue weighted by atomic mass is 9.91. The molecule has 0 radical (unpaired) electrons. The van der Waals surface area contributed by atoms with Crippen LogP contribution in [0.1, 0.15) is 35.4 Å². The molecule has 3 atom stereocenters. The van der Waals surface area contributed by atoms with Crippen LogP contribution in [0.2, 0.25) is 0 Å². The first-order valence-corrected chi connectivity index (χ1v) is 5.58. The van der Waals surface area contributed by atoms with Gasteiger partial charge in [0.05, 0.1) is 0 Å². The molecule has 1 fully saturated rings. The predicted octanol–water partition coefficient (Wildman–Crippen LogP) is 2.42. The lowest BCUT2D eigenvalue weighted by molar-refractivity contribution is 0.487. The minimum atomic E-state index is 0.755. The summed E-state index contributed by atoms with van der Waals surface area (Å²) in [6, 6.07) is 6.99. The Morgan fingerprint density at radius 1 is 1.21 bits per heavy atom. The number of rotatable bonds is 0. The van der Waals surface area contributed by atoms with Crippen LogP contribution < -0.4 is 5.32 Å². The van der Waals surface area contributed by atoms with E-state index in [-0.39, 0.29) is 0 Å². The number of nitrogens with one attached hydrogen (secondary N) is 1. The van der Waals surface area contributed by atoms with Crippen LogP contribution in [0.25, 0.3) is 0 Å². The summed E-state index contributed by atoms with van der Waals surface area (Å²) in [7, 11) is 0. The Kier molecular flexibility index (Phi) is 1.72. The second-order valence-electron chi connectivity index (χ2n) is 4.85. The SMILES string of the molecule is Cc1ccc2c(c1)C1CNCC1C2C. The summed E-state index contributed by atoms with van der Waals surface area (Å²) < 4.78 is 0. The molecule has 3 rings (SSSR count). The van der Waals surface area contributed by atoms with Crippen molar-refractivity contribution < 1.29 is 0 Å². The van der Waals surface area contributed by atoms with Gasteiger partial charge in [0.1, 0.15) is 0 Å². The van der Waals surface area contributed by atoms with Gasteiger partial charge in [-0.25, -0.2) is 0 Å². The molecule has 0 spiro atoms. The monoisotopic (exact) mass is 187 g/mol. The van der Waals surface area contributed by atoms with Crippen LogP contribution in [-0.2, 0) is 0 Å². The summed E-state index contributed by atoms with van der Waals surface area (Å²) in [6.45, 7) is 6.97. The normalized spacial score (nSPS) is 34.3. The summed E-state index contributed by atoms with van der Waals surface area (Å²) in [6.07, 6.45) is 0. The molecule has 1 N–H and O–H groups in total. The van der Waals surface area contributed by atoms with Gasteiger partial charge in [0, 0.05) is 12.5 Å². The van der Waals surface area contributed by atoms with Crippen molar-refractivity contribution in [3.63, 3.8) is 0 Å². The van der Waals surface area contributed by atoms with E-state index in [1.54, 1.807) is 11.1 Å². The zero-order valence-corrected chi connectivity index (χ0v) is 8.88. The highest BCUT2D eigenvalue weighted by molar-refractivity contribution is 5.43. The first kappa shape index (κ1) is 8.49. The van der Waals surface area contributed by atoms with E-state index in [1.807, 2.05) is 0 Å². The lowest BCUT2D eigenvalue weighted by Crippen LogP contribution is -2.12. The Morgan fingerprint density at radius 2 is 2.07 bits per heavy atom. The van der Waals surface area contributed by atoms with Crippen LogP contribution in [0.5, 0.6) is 0 Å². The molecule has 0 bridgehead atoms. The van der Waals surface area contributed by atoms with Crippen LogP contribution in [0.3, 0.4) is 0 Å². The average Bonchev–Trinajstić information content (AvgIpc) is 2.71. The van der Waals surface area contributed by atoms with E-state index in [0.717, 1.165) is 17.8 Å². The van der Waals surface area contributed by atoms with Crippen LogP contribution in [0, 0.1) is 12.8 Å². The number of aryl methyl sites for hydroxylation is 1. The van der Waals surface area contributed by atoms with E-state index in [2.05, 4.69) is 37.4 Å². The standard InChI is InChI=1S/C13H17N/c1-8-3-4-10-9(2)12-6-14-7-13(12)11(10)5-8/h3-5,9,12-14H,6-7H2,1-2H3. The quantitative estimate of drug-likeness (QED) is 0.657. The summed E-state index contributed by atoms with van der Waals surface area (Å²) in [4.78, 5) is 0. The minimum Gasteiger partial charge on any atom is -0.316 e. The maximum absolute atomic E-state index is 3.52. The zero-order chi connectivity index (χ0) is 9.71. The molecule has 2 aliphatic rings. The molecule has 1 heteroatoms. The fourth-order valence-corrected chi connectivity index (χ4v) is 3.23. The van der Waals surface area contributed by atoms with Gasteiger partial charge in [-0.1, -0.05) is 30.7 Å². The summed E-state index contributed by atoms with van der Waals surface area (Å²) in [5.41, 5.74) is 4.63. The van der Waals surface area contributed by atoms with E-state index < -0.39 is 0 Å². The first-order valence-electron chi connectivity index (χ1n) is 5.58. The topological polar surface area (TPSA) is 12.0 Å². The van der Waals surface area contributed by atoms with Gasteiger partial charge in [0.2, 0.25) is 0 Å². The second-order valence-corrected chi connectivity index (χ2v) is 4.85. The Bertz CT molecular complexity index is 369. The Balaban J connectivity index is 2.13. The van der Waals surface area contributed by atoms with Crippen LogP contribution in [0.4, 0.5) is 0 Å². The molecule has 1 aromatic rings. The smallest absolute Gasteiger partial charge is 0.00237 e. The maximum Gasteiger partial charge on any atom is 0.00237 e. The molecule has 0 amide bonds. The zero-order valence-electron chi connectivity index (χ0n) is 8.88. The molecule has 1 saturated heterocycles. The van der Waals surface area contributed by atoms with E-state index >= 15 is 0 Å².